The smallest absolute Gasteiger partial charge is 0.664 e. The standard InChI is InChI=1S/C17H14N.2C15H10BrN2.C13H12N.2Ir/c1-13-7-3-5-9-15(13)17-16-10-6-4-8-14(16)11-12-18(17)2;2*16-12-7-5-11(6-8-12)15(13-3-1-9-17-13)14-4-2-10-18-14;1-11-7-3-4-8-12(11)13-9-5-6-10-14(13)2;;/h3-12H,1-2H2;2*1-10H;3-10H,1-2H2;;/q4*-1;2*+3. The van der Waals surface area contributed by atoms with E-state index in [4.69, 9.17) is 0 Å². The van der Waals surface area contributed by atoms with E-state index in [1.54, 1.807) is 24.8 Å². The summed E-state index contributed by atoms with van der Waals surface area (Å²) in [6.07, 6.45) is 19.0. The fraction of sp³-hybridized carbons (Fsp3) is 0. The molecule has 0 amide bonds. The molecule has 0 radical (unpaired) electrons. The first-order valence-corrected chi connectivity index (χ1v) is 23.3. The Morgan fingerprint density at radius 1 is 0.471 bits per heavy atom. The second kappa shape index (κ2) is 25.7. The molecule has 11 rings (SSSR count). The first-order chi connectivity index (χ1) is 33.2. The van der Waals surface area contributed by atoms with Gasteiger partial charge < -0.3 is 19.1 Å². The predicted octanol–water partition coefficient (Wildman–Crippen LogP) is 13.7. The average Bonchev–Trinajstić information content (AvgIpc) is 4.24. The topological polar surface area (TPSA) is 60.7 Å². The van der Waals surface area contributed by atoms with Gasteiger partial charge in [0.05, 0.1) is 35.2 Å². The molecule has 0 bridgehead atoms. The number of hydrogen-bond acceptors (Lipinski definition) is 2. The van der Waals surface area contributed by atoms with Crippen LogP contribution in [0.2, 0.25) is 0 Å². The first-order valence-electron chi connectivity index (χ1n) is 21.7. The Morgan fingerprint density at radius 2 is 0.957 bits per heavy atom. The number of aliphatic imine (C=N–C) groups is 2. The van der Waals surface area contributed by atoms with Crippen LogP contribution in [0.15, 0.2) is 249 Å². The molecule has 9 aromatic rings. The van der Waals surface area contributed by atoms with Crippen molar-refractivity contribution in [2.45, 2.75) is 0 Å². The summed E-state index contributed by atoms with van der Waals surface area (Å²) in [7, 11) is 8.00. The minimum absolute atomic E-state index is 0. The van der Waals surface area contributed by atoms with E-state index in [1.165, 1.54) is 10.8 Å². The molecule has 2 aliphatic rings. The van der Waals surface area contributed by atoms with Crippen LogP contribution in [0.3, 0.4) is 0 Å². The van der Waals surface area contributed by atoms with Crippen molar-refractivity contribution < 1.29 is 49.3 Å². The number of benzene rings is 5. The van der Waals surface area contributed by atoms with Crippen LogP contribution in [-0.2, 0) is 40.2 Å². The van der Waals surface area contributed by atoms with Crippen molar-refractivity contribution in [3.05, 3.63) is 301 Å². The summed E-state index contributed by atoms with van der Waals surface area (Å²) in [6, 6.07) is 56.9. The van der Waals surface area contributed by atoms with Crippen molar-refractivity contribution in [3.8, 4) is 22.5 Å². The van der Waals surface area contributed by atoms with E-state index in [0.29, 0.717) is 0 Å². The van der Waals surface area contributed by atoms with Gasteiger partial charge in [0.15, 0.2) is 0 Å². The van der Waals surface area contributed by atoms with Crippen LogP contribution < -0.4 is 19.1 Å². The Kier molecular flexibility index (Phi) is 19.4. The van der Waals surface area contributed by atoms with Crippen molar-refractivity contribution >= 4 is 66.2 Å². The zero-order valence-corrected chi connectivity index (χ0v) is 45.8. The van der Waals surface area contributed by atoms with E-state index >= 15 is 0 Å². The van der Waals surface area contributed by atoms with Crippen molar-refractivity contribution in [1.82, 2.24) is 9.97 Å². The quantitative estimate of drug-likeness (QED) is 0.123. The Balaban J connectivity index is 0.000000152. The van der Waals surface area contributed by atoms with Gasteiger partial charge in [0.2, 0.25) is 0 Å². The molecule has 0 spiro atoms. The Morgan fingerprint density at radius 3 is 1.43 bits per heavy atom. The third kappa shape index (κ3) is 13.1. The SMILES string of the molecule is Brc1ccc(C(=C2C=CC=N2)c2ccc[n-]2)cc1.Brc1ccc(C(=C2C=CC=N2)c2ccc[n-]2)cc1.[CH2-]c1ccccc1-c1c2ccccc2cc[n+]1[CH2-].[CH2-]c1ccccc1-c1cccc[n+]1[CH2-].[Ir+3].[Ir+3]. The molecule has 0 unspecified atom stereocenters. The second-order valence-electron chi connectivity index (χ2n) is 15.4. The fourth-order valence-electron chi connectivity index (χ4n) is 7.68. The number of rotatable bonds is 6. The van der Waals surface area contributed by atoms with Gasteiger partial charge >= 0.3 is 40.2 Å². The molecule has 0 atom stereocenters. The third-order valence-electron chi connectivity index (χ3n) is 10.9. The van der Waals surface area contributed by atoms with E-state index < -0.39 is 0 Å². The fourth-order valence-corrected chi connectivity index (χ4v) is 8.21. The van der Waals surface area contributed by atoms with E-state index in [1.807, 2.05) is 149 Å². The molecule has 6 heterocycles. The molecular formula is C60H46Br2Ir2N6+2. The molecule has 0 fully saturated rings. The first kappa shape index (κ1) is 52.6. The van der Waals surface area contributed by atoms with Crippen molar-refractivity contribution in [2.75, 3.05) is 0 Å². The van der Waals surface area contributed by atoms with Crippen LogP contribution in [0, 0.1) is 27.9 Å². The normalized spacial score (nSPS) is 13.1. The number of nitrogens with zero attached hydrogens (tertiary/aromatic N) is 6. The van der Waals surface area contributed by atoms with Crippen LogP contribution in [0.5, 0.6) is 0 Å². The summed E-state index contributed by atoms with van der Waals surface area (Å²) >= 11 is 6.90. The van der Waals surface area contributed by atoms with Gasteiger partial charge in [-0.15, -0.1) is 46.8 Å². The Bertz CT molecular complexity index is 3140. The van der Waals surface area contributed by atoms with Gasteiger partial charge in [0, 0.05) is 35.5 Å². The summed E-state index contributed by atoms with van der Waals surface area (Å²) < 4.78 is 5.89. The summed E-state index contributed by atoms with van der Waals surface area (Å²) in [5.74, 6) is 0. The van der Waals surface area contributed by atoms with Crippen molar-refractivity contribution in [3.63, 3.8) is 0 Å². The van der Waals surface area contributed by atoms with E-state index in [0.717, 1.165) is 87.6 Å². The number of hydrogen-bond donors (Lipinski definition) is 0. The monoisotopic (exact) mass is 1390 g/mol. The van der Waals surface area contributed by atoms with Crippen molar-refractivity contribution in [1.29, 1.82) is 0 Å². The predicted molar refractivity (Wildman–Crippen MR) is 287 cm³/mol. The molecule has 10 heteroatoms. The maximum Gasteiger partial charge on any atom is 3.00 e. The van der Waals surface area contributed by atoms with E-state index in [9.17, 15) is 0 Å². The van der Waals surface area contributed by atoms with Gasteiger partial charge in [0.1, 0.15) is 0 Å². The number of fused-ring (bicyclic) bond motifs is 1. The van der Waals surface area contributed by atoms with Crippen LogP contribution in [0.1, 0.15) is 33.6 Å². The van der Waals surface area contributed by atoms with Crippen LogP contribution in [0.4, 0.5) is 0 Å². The number of aromatic nitrogens is 4. The minimum Gasteiger partial charge on any atom is -0.664 e. The van der Waals surface area contributed by atoms with Gasteiger partial charge in [-0.3, -0.25) is 9.98 Å². The van der Waals surface area contributed by atoms with Crippen LogP contribution in [-0.4, -0.2) is 12.4 Å². The summed E-state index contributed by atoms with van der Waals surface area (Å²) in [4.78, 5) is 17.5. The maximum atomic E-state index is 4.38. The molecule has 4 aromatic heterocycles. The van der Waals surface area contributed by atoms with Gasteiger partial charge in [-0.1, -0.05) is 135 Å². The average molecular weight is 1400 g/mol. The molecule has 0 N–H and O–H groups in total. The van der Waals surface area contributed by atoms with Crippen molar-refractivity contribution in [2.24, 2.45) is 9.98 Å². The zero-order valence-electron chi connectivity index (χ0n) is 37.9. The number of allylic oxidation sites excluding steroid dienone is 4. The zero-order chi connectivity index (χ0) is 47.2. The third-order valence-corrected chi connectivity index (χ3v) is 12.0. The summed E-state index contributed by atoms with van der Waals surface area (Å²) in [5, 5.41) is 2.42. The van der Waals surface area contributed by atoms with E-state index in [2.05, 4.69) is 146 Å². The molecule has 0 saturated heterocycles. The molecule has 70 heavy (non-hydrogen) atoms. The van der Waals surface area contributed by atoms with Gasteiger partial charge in [-0.2, -0.15) is 49.5 Å². The minimum atomic E-state index is 0. The van der Waals surface area contributed by atoms with Gasteiger partial charge in [-0.25, -0.2) is 0 Å². The van der Waals surface area contributed by atoms with Gasteiger partial charge in [0.25, 0.3) is 0 Å². The van der Waals surface area contributed by atoms with Gasteiger partial charge in [-0.05, 0) is 87.7 Å². The summed E-state index contributed by atoms with van der Waals surface area (Å²) in [5.41, 5.74) is 14.7. The largest absolute Gasteiger partial charge is 3.00 e. The molecule has 346 valence electrons. The second-order valence-corrected chi connectivity index (χ2v) is 17.3. The Labute approximate surface area is 455 Å². The molecule has 2 aliphatic heterocycles. The molecule has 0 aliphatic carbocycles. The summed E-state index contributed by atoms with van der Waals surface area (Å²) in [6.45, 7) is 8.10. The van der Waals surface area contributed by atoms with E-state index in [-0.39, 0.29) is 40.2 Å². The molecule has 6 nitrogen and oxygen atoms in total. The molecule has 0 saturated carbocycles. The number of halogens is 2. The maximum absolute atomic E-state index is 4.38. The number of pyridine rings is 2. The van der Waals surface area contributed by atoms with Crippen LogP contribution in [0.25, 0.3) is 44.4 Å². The Hall–Kier alpha value is -6.74. The molecule has 5 aromatic carbocycles. The molecular weight excluding hydrogens is 1350 g/mol. The van der Waals surface area contributed by atoms with Crippen LogP contribution >= 0.6 is 31.9 Å².